The van der Waals surface area contributed by atoms with E-state index in [1.807, 2.05) is 0 Å². The molecule has 1 aromatic carbocycles. The standard InChI is InChI=1S/C14H11F3N4/c1-6-7(2)21(14-12(6)13(18)19-5-20-14)11-4-9(16)8(15)3-10(11)17/h3-5H,1-2H3,(H2,18,19,20). The Morgan fingerprint density at radius 3 is 2.38 bits per heavy atom. The van der Waals surface area contributed by atoms with Gasteiger partial charge in [0.15, 0.2) is 17.3 Å². The summed E-state index contributed by atoms with van der Waals surface area (Å²) in [6.07, 6.45) is 1.24. The first-order valence-corrected chi connectivity index (χ1v) is 6.14. The number of aryl methyl sites for hydroxylation is 1. The van der Waals surface area contributed by atoms with Crippen molar-refractivity contribution in [1.29, 1.82) is 0 Å². The minimum absolute atomic E-state index is 0.123. The lowest BCUT2D eigenvalue weighted by atomic mass is 10.2. The van der Waals surface area contributed by atoms with Crippen molar-refractivity contribution in [2.75, 3.05) is 5.73 Å². The highest BCUT2D eigenvalue weighted by molar-refractivity contribution is 5.92. The summed E-state index contributed by atoms with van der Waals surface area (Å²) in [4.78, 5) is 7.98. The van der Waals surface area contributed by atoms with Gasteiger partial charge in [-0.1, -0.05) is 0 Å². The van der Waals surface area contributed by atoms with Crippen molar-refractivity contribution in [3.8, 4) is 5.69 Å². The molecule has 0 fully saturated rings. The number of rotatable bonds is 1. The zero-order chi connectivity index (χ0) is 15.3. The fourth-order valence-electron chi connectivity index (χ4n) is 2.40. The Balaban J connectivity index is 2.44. The highest BCUT2D eigenvalue weighted by Crippen LogP contribution is 2.31. The highest BCUT2D eigenvalue weighted by atomic mass is 19.2. The largest absolute Gasteiger partial charge is 0.383 e. The lowest BCUT2D eigenvalue weighted by Gasteiger charge is -2.09. The summed E-state index contributed by atoms with van der Waals surface area (Å²) < 4.78 is 42.0. The molecular formula is C14H11F3N4. The Morgan fingerprint density at radius 1 is 1.00 bits per heavy atom. The second-order valence-electron chi connectivity index (χ2n) is 4.72. The number of nitrogen functional groups attached to an aromatic ring is 1. The van der Waals surface area contributed by atoms with Crippen LogP contribution in [-0.2, 0) is 0 Å². The number of benzene rings is 1. The summed E-state index contributed by atoms with van der Waals surface area (Å²) in [6, 6.07) is 1.31. The number of halogens is 3. The topological polar surface area (TPSA) is 56.7 Å². The average Bonchev–Trinajstić information content (AvgIpc) is 2.68. The van der Waals surface area contributed by atoms with Crippen LogP contribution in [0.1, 0.15) is 11.3 Å². The van der Waals surface area contributed by atoms with Gasteiger partial charge >= 0.3 is 0 Å². The molecule has 4 nitrogen and oxygen atoms in total. The molecule has 0 saturated carbocycles. The zero-order valence-corrected chi connectivity index (χ0v) is 11.3. The van der Waals surface area contributed by atoms with E-state index in [1.54, 1.807) is 13.8 Å². The molecule has 108 valence electrons. The summed E-state index contributed by atoms with van der Waals surface area (Å²) in [5.41, 5.74) is 7.43. The molecule has 2 heterocycles. The summed E-state index contributed by atoms with van der Waals surface area (Å²) in [5.74, 6) is -3.00. The Bertz CT molecular complexity index is 871. The molecule has 0 bridgehead atoms. The van der Waals surface area contributed by atoms with Crippen LogP contribution in [0.3, 0.4) is 0 Å². The van der Waals surface area contributed by atoms with E-state index in [9.17, 15) is 13.2 Å². The summed E-state index contributed by atoms with van der Waals surface area (Å²) in [5, 5.41) is 0.569. The molecule has 0 atom stereocenters. The molecule has 3 rings (SSSR count). The van der Waals surface area contributed by atoms with Gasteiger partial charge < -0.3 is 5.73 Å². The van der Waals surface area contributed by atoms with E-state index >= 15 is 0 Å². The van der Waals surface area contributed by atoms with Gasteiger partial charge in [0.2, 0.25) is 0 Å². The Hall–Kier alpha value is -2.57. The van der Waals surface area contributed by atoms with Crippen LogP contribution >= 0.6 is 0 Å². The molecule has 21 heavy (non-hydrogen) atoms. The molecule has 7 heteroatoms. The molecule has 0 radical (unpaired) electrons. The maximum Gasteiger partial charge on any atom is 0.161 e. The van der Waals surface area contributed by atoms with Crippen LogP contribution in [0.4, 0.5) is 19.0 Å². The predicted octanol–water partition coefficient (Wildman–Crippen LogP) is 3.04. The molecule has 0 saturated heterocycles. The fourth-order valence-corrected chi connectivity index (χ4v) is 2.40. The van der Waals surface area contributed by atoms with E-state index in [-0.39, 0.29) is 11.5 Å². The van der Waals surface area contributed by atoms with Gasteiger partial charge in [0, 0.05) is 17.8 Å². The van der Waals surface area contributed by atoms with Crippen LogP contribution in [0, 0.1) is 31.3 Å². The molecule has 0 unspecified atom stereocenters. The first-order chi connectivity index (χ1) is 9.91. The van der Waals surface area contributed by atoms with E-state index < -0.39 is 17.5 Å². The normalized spacial score (nSPS) is 11.3. The van der Waals surface area contributed by atoms with Gasteiger partial charge in [-0.05, 0) is 19.4 Å². The number of hydrogen-bond donors (Lipinski definition) is 1. The predicted molar refractivity (Wildman–Crippen MR) is 72.6 cm³/mol. The van der Waals surface area contributed by atoms with Gasteiger partial charge in [0.1, 0.15) is 18.0 Å². The molecule has 0 aliphatic carbocycles. The van der Waals surface area contributed by atoms with Crippen molar-refractivity contribution < 1.29 is 13.2 Å². The van der Waals surface area contributed by atoms with Crippen LogP contribution in [0.15, 0.2) is 18.5 Å². The van der Waals surface area contributed by atoms with E-state index in [4.69, 9.17) is 5.73 Å². The summed E-state index contributed by atoms with van der Waals surface area (Å²) in [6.45, 7) is 3.50. The third-order valence-corrected chi connectivity index (χ3v) is 3.55. The van der Waals surface area contributed by atoms with Crippen LogP contribution in [0.2, 0.25) is 0 Å². The first kappa shape index (κ1) is 13.4. The van der Waals surface area contributed by atoms with Crippen molar-refractivity contribution >= 4 is 16.9 Å². The van der Waals surface area contributed by atoms with Gasteiger partial charge in [-0.2, -0.15) is 0 Å². The van der Waals surface area contributed by atoms with Crippen LogP contribution in [0.25, 0.3) is 16.7 Å². The number of hydrogen-bond acceptors (Lipinski definition) is 3. The molecule has 0 aliphatic rings. The van der Waals surface area contributed by atoms with Crippen LogP contribution < -0.4 is 5.73 Å². The van der Waals surface area contributed by atoms with Crippen LogP contribution in [0.5, 0.6) is 0 Å². The zero-order valence-electron chi connectivity index (χ0n) is 11.3. The minimum atomic E-state index is -1.24. The Kier molecular flexibility index (Phi) is 2.86. The average molecular weight is 292 g/mol. The van der Waals surface area contributed by atoms with E-state index in [0.717, 1.165) is 11.6 Å². The van der Waals surface area contributed by atoms with Gasteiger partial charge in [0.05, 0.1) is 11.1 Å². The maximum atomic E-state index is 14.0. The van der Waals surface area contributed by atoms with Gasteiger partial charge in [-0.3, -0.25) is 4.57 Å². The van der Waals surface area contributed by atoms with Crippen molar-refractivity contribution in [3.63, 3.8) is 0 Å². The SMILES string of the molecule is Cc1c(C)n(-c2cc(F)c(F)cc2F)c2ncnc(N)c12. The molecule has 3 aromatic rings. The van der Waals surface area contributed by atoms with Crippen molar-refractivity contribution in [2.45, 2.75) is 13.8 Å². The Morgan fingerprint density at radius 2 is 1.67 bits per heavy atom. The lowest BCUT2D eigenvalue weighted by Crippen LogP contribution is -2.04. The number of nitrogens with two attached hydrogens (primary N) is 1. The summed E-state index contributed by atoms with van der Waals surface area (Å²) in [7, 11) is 0. The van der Waals surface area contributed by atoms with E-state index in [1.165, 1.54) is 10.9 Å². The number of anilines is 1. The molecule has 0 amide bonds. The number of aromatic nitrogens is 3. The Labute approximate surface area is 118 Å². The van der Waals surface area contributed by atoms with Crippen molar-refractivity contribution in [3.05, 3.63) is 47.2 Å². The van der Waals surface area contributed by atoms with Gasteiger partial charge in [-0.15, -0.1) is 0 Å². The number of fused-ring (bicyclic) bond motifs is 1. The third kappa shape index (κ3) is 1.84. The quantitative estimate of drug-likeness (QED) is 0.701. The van der Waals surface area contributed by atoms with Gasteiger partial charge in [-0.25, -0.2) is 23.1 Å². The minimum Gasteiger partial charge on any atom is -0.383 e. The van der Waals surface area contributed by atoms with E-state index in [2.05, 4.69) is 9.97 Å². The summed E-state index contributed by atoms with van der Waals surface area (Å²) >= 11 is 0. The van der Waals surface area contributed by atoms with E-state index in [0.29, 0.717) is 22.8 Å². The fraction of sp³-hybridized carbons (Fsp3) is 0.143. The lowest BCUT2D eigenvalue weighted by molar-refractivity contribution is 0.493. The van der Waals surface area contributed by atoms with Gasteiger partial charge in [0.25, 0.3) is 0 Å². The molecule has 2 aromatic heterocycles. The highest BCUT2D eigenvalue weighted by Gasteiger charge is 2.20. The molecule has 2 N–H and O–H groups in total. The maximum absolute atomic E-state index is 14.0. The second kappa shape index (κ2) is 4.47. The monoisotopic (exact) mass is 292 g/mol. The van der Waals surface area contributed by atoms with Crippen molar-refractivity contribution in [2.24, 2.45) is 0 Å². The van der Waals surface area contributed by atoms with Crippen molar-refractivity contribution in [1.82, 2.24) is 14.5 Å². The molecular weight excluding hydrogens is 281 g/mol. The third-order valence-electron chi connectivity index (χ3n) is 3.55. The first-order valence-electron chi connectivity index (χ1n) is 6.14. The second-order valence-corrected chi connectivity index (χ2v) is 4.72. The molecule has 0 spiro atoms. The number of nitrogens with zero attached hydrogens (tertiary/aromatic N) is 3. The molecule has 0 aliphatic heterocycles. The smallest absolute Gasteiger partial charge is 0.161 e. The van der Waals surface area contributed by atoms with Crippen LogP contribution in [-0.4, -0.2) is 14.5 Å².